The van der Waals surface area contributed by atoms with Crippen molar-refractivity contribution in [3.8, 4) is 0 Å². The van der Waals surface area contributed by atoms with Crippen molar-refractivity contribution in [2.75, 3.05) is 0 Å². The standard InChI is InChI=1S/C9H5Br2NO2/c1-4-12-9(13)6-2-5(10)3-7(11)8(6)14-4/h2-3H,1H3. The van der Waals surface area contributed by atoms with Crippen LogP contribution in [0.15, 0.2) is 30.3 Å². The molecule has 0 aliphatic rings. The molecule has 0 radical (unpaired) electrons. The average molecular weight is 319 g/mol. The fourth-order valence-corrected chi connectivity index (χ4v) is 2.50. The normalized spacial score (nSPS) is 10.8. The molecule has 0 N–H and O–H groups in total. The molecule has 3 nitrogen and oxygen atoms in total. The lowest BCUT2D eigenvalue weighted by Gasteiger charge is -2.00. The van der Waals surface area contributed by atoms with E-state index in [4.69, 9.17) is 4.42 Å². The van der Waals surface area contributed by atoms with Crippen LogP contribution in [0.2, 0.25) is 0 Å². The number of nitrogens with zero attached hydrogens (tertiary/aromatic N) is 1. The summed E-state index contributed by atoms with van der Waals surface area (Å²) in [5.41, 5.74) is 0.261. The molecule has 5 heteroatoms. The van der Waals surface area contributed by atoms with E-state index in [0.717, 1.165) is 8.95 Å². The number of aryl methyl sites for hydroxylation is 1. The van der Waals surface area contributed by atoms with Gasteiger partial charge in [-0.3, -0.25) is 4.79 Å². The van der Waals surface area contributed by atoms with Crippen molar-refractivity contribution in [3.63, 3.8) is 0 Å². The summed E-state index contributed by atoms with van der Waals surface area (Å²) in [4.78, 5) is 15.2. The maximum atomic E-state index is 11.5. The number of fused-ring (bicyclic) bond motifs is 1. The summed E-state index contributed by atoms with van der Waals surface area (Å²) in [6.07, 6.45) is 0. The second kappa shape index (κ2) is 3.47. The maximum absolute atomic E-state index is 11.5. The molecule has 0 saturated carbocycles. The highest BCUT2D eigenvalue weighted by Crippen LogP contribution is 2.26. The van der Waals surface area contributed by atoms with E-state index >= 15 is 0 Å². The monoisotopic (exact) mass is 317 g/mol. The van der Waals surface area contributed by atoms with Crippen LogP contribution in [0.25, 0.3) is 11.0 Å². The van der Waals surface area contributed by atoms with Crippen molar-refractivity contribution in [1.82, 2.24) is 4.98 Å². The van der Waals surface area contributed by atoms with Gasteiger partial charge in [-0.25, -0.2) is 0 Å². The van der Waals surface area contributed by atoms with Gasteiger partial charge in [0.2, 0.25) is 0 Å². The lowest BCUT2D eigenvalue weighted by atomic mass is 10.2. The van der Waals surface area contributed by atoms with Crippen LogP contribution >= 0.6 is 31.9 Å². The topological polar surface area (TPSA) is 43.1 Å². The van der Waals surface area contributed by atoms with Gasteiger partial charge in [0, 0.05) is 11.4 Å². The smallest absolute Gasteiger partial charge is 0.283 e. The molecule has 1 aromatic carbocycles. The van der Waals surface area contributed by atoms with E-state index in [-0.39, 0.29) is 5.56 Å². The van der Waals surface area contributed by atoms with Crippen LogP contribution in [0, 0.1) is 6.92 Å². The molecule has 1 aromatic heterocycles. The molecule has 0 spiro atoms. The molecule has 0 atom stereocenters. The number of benzene rings is 1. The quantitative estimate of drug-likeness (QED) is 0.750. The number of rotatable bonds is 0. The van der Waals surface area contributed by atoms with E-state index in [1.807, 2.05) is 6.07 Å². The second-order valence-electron chi connectivity index (χ2n) is 2.80. The third kappa shape index (κ3) is 1.62. The Morgan fingerprint density at radius 1 is 1.36 bits per heavy atom. The Labute approximate surface area is 96.4 Å². The molecule has 0 aliphatic carbocycles. The van der Waals surface area contributed by atoms with E-state index in [2.05, 4.69) is 36.8 Å². The first-order valence-electron chi connectivity index (χ1n) is 3.84. The zero-order chi connectivity index (χ0) is 10.3. The first kappa shape index (κ1) is 9.86. The molecule has 0 unspecified atom stereocenters. The first-order valence-corrected chi connectivity index (χ1v) is 5.43. The Balaban J connectivity index is 3.02. The summed E-state index contributed by atoms with van der Waals surface area (Å²) in [7, 11) is 0. The van der Waals surface area contributed by atoms with Crippen molar-refractivity contribution < 1.29 is 4.42 Å². The van der Waals surface area contributed by atoms with E-state index in [1.165, 1.54) is 0 Å². The summed E-state index contributed by atoms with van der Waals surface area (Å²) >= 11 is 6.62. The van der Waals surface area contributed by atoms with Gasteiger partial charge in [-0.05, 0) is 28.1 Å². The average Bonchev–Trinajstić information content (AvgIpc) is 2.07. The molecule has 0 aliphatic heterocycles. The molecular formula is C9H5Br2NO2. The Morgan fingerprint density at radius 3 is 2.79 bits per heavy atom. The second-order valence-corrected chi connectivity index (χ2v) is 4.57. The van der Waals surface area contributed by atoms with Gasteiger partial charge in [0.1, 0.15) is 0 Å². The van der Waals surface area contributed by atoms with E-state index in [0.29, 0.717) is 16.9 Å². The largest absolute Gasteiger partial charge is 0.441 e. The van der Waals surface area contributed by atoms with Crippen LogP contribution in [0.5, 0.6) is 0 Å². The van der Waals surface area contributed by atoms with Crippen molar-refractivity contribution >= 4 is 42.8 Å². The van der Waals surface area contributed by atoms with E-state index < -0.39 is 0 Å². The van der Waals surface area contributed by atoms with Crippen LogP contribution in [-0.4, -0.2) is 4.98 Å². The lowest BCUT2D eigenvalue weighted by molar-refractivity contribution is 0.533. The molecule has 0 bridgehead atoms. The molecule has 1 heterocycles. The van der Waals surface area contributed by atoms with Gasteiger partial charge < -0.3 is 4.42 Å². The number of hydrogen-bond acceptors (Lipinski definition) is 3. The van der Waals surface area contributed by atoms with Gasteiger partial charge in [0.15, 0.2) is 11.5 Å². The highest BCUT2D eigenvalue weighted by Gasteiger charge is 2.08. The number of halogens is 2. The number of aromatic nitrogens is 1. The highest BCUT2D eigenvalue weighted by molar-refractivity contribution is 9.11. The molecule has 72 valence electrons. The van der Waals surface area contributed by atoms with Crippen molar-refractivity contribution in [1.29, 1.82) is 0 Å². The van der Waals surface area contributed by atoms with E-state index in [9.17, 15) is 4.79 Å². The Bertz CT molecular complexity index is 562. The molecule has 0 amide bonds. The third-order valence-electron chi connectivity index (χ3n) is 1.75. The SMILES string of the molecule is Cc1nc(=O)c2cc(Br)cc(Br)c2o1. The van der Waals surface area contributed by atoms with Gasteiger partial charge >= 0.3 is 0 Å². The Kier molecular flexibility index (Phi) is 2.45. The van der Waals surface area contributed by atoms with Crippen molar-refractivity contribution in [2.24, 2.45) is 0 Å². The lowest BCUT2D eigenvalue weighted by Crippen LogP contribution is -2.07. The Morgan fingerprint density at radius 2 is 2.07 bits per heavy atom. The highest BCUT2D eigenvalue weighted by atomic mass is 79.9. The molecule has 2 aromatic rings. The third-order valence-corrected chi connectivity index (χ3v) is 2.79. The maximum Gasteiger partial charge on any atom is 0.283 e. The fraction of sp³-hybridized carbons (Fsp3) is 0.111. The van der Waals surface area contributed by atoms with Crippen LogP contribution in [-0.2, 0) is 0 Å². The Hall–Kier alpha value is -0.680. The van der Waals surface area contributed by atoms with E-state index in [1.54, 1.807) is 13.0 Å². The van der Waals surface area contributed by atoms with Crippen molar-refractivity contribution in [3.05, 3.63) is 37.3 Å². The minimum Gasteiger partial charge on any atom is -0.441 e. The minimum absolute atomic E-state index is 0.272. The van der Waals surface area contributed by atoms with Gasteiger partial charge in [-0.1, -0.05) is 15.9 Å². The molecular weight excluding hydrogens is 314 g/mol. The number of hydrogen-bond donors (Lipinski definition) is 0. The summed E-state index contributed by atoms with van der Waals surface area (Å²) in [6.45, 7) is 1.65. The molecule has 0 fully saturated rings. The predicted molar refractivity (Wildman–Crippen MR) is 60.4 cm³/mol. The van der Waals surface area contributed by atoms with Crippen LogP contribution in [0.4, 0.5) is 0 Å². The molecule has 14 heavy (non-hydrogen) atoms. The van der Waals surface area contributed by atoms with Gasteiger partial charge in [-0.15, -0.1) is 0 Å². The minimum atomic E-state index is -0.272. The summed E-state index contributed by atoms with van der Waals surface area (Å²) in [5, 5.41) is 0.469. The zero-order valence-corrected chi connectivity index (χ0v) is 10.3. The zero-order valence-electron chi connectivity index (χ0n) is 7.17. The van der Waals surface area contributed by atoms with Gasteiger partial charge in [-0.2, -0.15) is 4.98 Å². The van der Waals surface area contributed by atoms with Gasteiger partial charge in [0.25, 0.3) is 5.56 Å². The molecule has 2 rings (SSSR count). The van der Waals surface area contributed by atoms with Crippen LogP contribution in [0.3, 0.4) is 0 Å². The summed E-state index contributed by atoms with van der Waals surface area (Å²) < 4.78 is 6.90. The first-order chi connectivity index (χ1) is 6.58. The molecule has 0 saturated heterocycles. The fourth-order valence-electron chi connectivity index (χ4n) is 1.20. The van der Waals surface area contributed by atoms with Crippen LogP contribution < -0.4 is 5.56 Å². The summed E-state index contributed by atoms with van der Waals surface area (Å²) in [5.74, 6) is 0.366. The van der Waals surface area contributed by atoms with Gasteiger partial charge in [0.05, 0.1) is 9.86 Å². The van der Waals surface area contributed by atoms with Crippen LogP contribution in [0.1, 0.15) is 5.89 Å². The summed E-state index contributed by atoms with van der Waals surface area (Å²) in [6, 6.07) is 3.52. The van der Waals surface area contributed by atoms with Crippen molar-refractivity contribution in [2.45, 2.75) is 6.92 Å². The predicted octanol–water partition coefficient (Wildman–Crippen LogP) is 3.02.